The molecule has 4 nitrogen and oxygen atoms in total. The van der Waals surface area contributed by atoms with Crippen molar-refractivity contribution in [1.82, 2.24) is 4.98 Å². The van der Waals surface area contributed by atoms with Gasteiger partial charge in [-0.05, 0) is 12.5 Å². The fourth-order valence-corrected chi connectivity index (χ4v) is 0.964. The molecule has 0 atom stereocenters. The average molecular weight is 166 g/mol. The summed E-state index contributed by atoms with van der Waals surface area (Å²) in [5, 5.41) is 17.5. The molecule has 12 heavy (non-hydrogen) atoms. The molecule has 1 rings (SSSR count). The molecule has 0 bridgehead atoms. The van der Waals surface area contributed by atoms with Gasteiger partial charge in [0.15, 0.2) is 0 Å². The van der Waals surface area contributed by atoms with Crippen molar-refractivity contribution in [3.8, 4) is 0 Å². The van der Waals surface area contributed by atoms with Crippen LogP contribution in [0, 0.1) is 0 Å². The molecule has 5 heteroatoms. The maximum Gasteiger partial charge on any atom is 0.490 e. The topological polar surface area (TPSA) is 79.4 Å². The average Bonchev–Trinajstić information content (AvgIpc) is 2.04. The fourth-order valence-electron chi connectivity index (χ4n) is 0.964. The van der Waals surface area contributed by atoms with Crippen molar-refractivity contribution in [2.24, 2.45) is 0 Å². The van der Waals surface area contributed by atoms with E-state index in [0.717, 1.165) is 12.1 Å². The van der Waals surface area contributed by atoms with Crippen LogP contribution in [0.4, 0.5) is 5.69 Å². The molecule has 0 aliphatic heterocycles. The Kier molecular flexibility index (Phi) is 2.67. The molecule has 0 amide bonds. The fraction of sp³-hybridized carbons (Fsp3) is 0.286. The van der Waals surface area contributed by atoms with Crippen LogP contribution < -0.4 is 11.2 Å². The second kappa shape index (κ2) is 3.56. The van der Waals surface area contributed by atoms with Crippen LogP contribution >= 0.6 is 0 Å². The minimum absolute atomic E-state index is 0.324. The van der Waals surface area contributed by atoms with Crippen molar-refractivity contribution in [3.05, 3.63) is 18.0 Å². The number of anilines is 1. The summed E-state index contributed by atoms with van der Waals surface area (Å²) in [5.74, 6) is 0. The molecule has 1 aromatic rings. The van der Waals surface area contributed by atoms with E-state index >= 15 is 0 Å². The maximum atomic E-state index is 8.77. The Morgan fingerprint density at radius 3 is 2.67 bits per heavy atom. The molecule has 1 heterocycles. The lowest BCUT2D eigenvalue weighted by Gasteiger charge is -2.04. The Morgan fingerprint density at radius 1 is 1.58 bits per heavy atom. The summed E-state index contributed by atoms with van der Waals surface area (Å²) in [7, 11) is -1.49. The summed E-state index contributed by atoms with van der Waals surface area (Å²) in [6, 6.07) is 1.52. The number of nitrogens with two attached hydrogens (primary N) is 1. The molecule has 0 aliphatic carbocycles. The smallest absolute Gasteiger partial charge is 0.423 e. The lowest BCUT2D eigenvalue weighted by atomic mass is 9.81. The molecule has 0 saturated heterocycles. The van der Waals surface area contributed by atoms with E-state index in [1.807, 2.05) is 6.92 Å². The van der Waals surface area contributed by atoms with Gasteiger partial charge in [0.05, 0.1) is 11.4 Å². The number of pyridine rings is 1. The zero-order valence-corrected chi connectivity index (χ0v) is 6.86. The molecule has 4 N–H and O–H groups in total. The monoisotopic (exact) mass is 166 g/mol. The van der Waals surface area contributed by atoms with Crippen molar-refractivity contribution in [2.75, 3.05) is 5.73 Å². The first kappa shape index (κ1) is 9.03. The molecule has 64 valence electrons. The number of aromatic nitrogens is 1. The Hall–Kier alpha value is -1.07. The number of nitrogen functional groups attached to an aromatic ring is 1. The number of aryl methyl sites for hydroxylation is 1. The van der Waals surface area contributed by atoms with E-state index in [4.69, 9.17) is 15.8 Å². The summed E-state index contributed by atoms with van der Waals surface area (Å²) in [4.78, 5) is 3.97. The summed E-state index contributed by atoms with van der Waals surface area (Å²) < 4.78 is 0. The van der Waals surface area contributed by atoms with Crippen LogP contribution in [0.2, 0.25) is 0 Å². The second-order valence-electron chi connectivity index (χ2n) is 2.53. The maximum absolute atomic E-state index is 8.77. The van der Waals surface area contributed by atoms with Crippen molar-refractivity contribution < 1.29 is 10.0 Å². The zero-order chi connectivity index (χ0) is 9.14. The van der Waals surface area contributed by atoms with Crippen molar-refractivity contribution in [2.45, 2.75) is 13.3 Å². The summed E-state index contributed by atoms with van der Waals surface area (Å²) in [5.41, 5.74) is 7.19. The summed E-state index contributed by atoms with van der Waals surface area (Å²) >= 11 is 0. The summed E-state index contributed by atoms with van der Waals surface area (Å²) in [6.07, 6.45) is 2.16. The Balaban J connectivity index is 3.02. The van der Waals surface area contributed by atoms with Gasteiger partial charge in [-0.1, -0.05) is 6.92 Å². The highest BCUT2D eigenvalue weighted by atomic mass is 16.4. The van der Waals surface area contributed by atoms with Crippen LogP contribution in [-0.2, 0) is 6.42 Å². The largest absolute Gasteiger partial charge is 0.490 e. The minimum Gasteiger partial charge on any atom is -0.423 e. The first-order valence-electron chi connectivity index (χ1n) is 3.75. The highest BCUT2D eigenvalue weighted by molar-refractivity contribution is 6.58. The number of hydrogen-bond donors (Lipinski definition) is 3. The van der Waals surface area contributed by atoms with Gasteiger partial charge in [-0.2, -0.15) is 0 Å². The molecule has 0 spiro atoms. The van der Waals surface area contributed by atoms with E-state index in [1.165, 1.54) is 12.3 Å². The molecular formula is C7H11BN2O2. The van der Waals surface area contributed by atoms with E-state index in [0.29, 0.717) is 11.2 Å². The Labute approximate surface area is 71.2 Å². The van der Waals surface area contributed by atoms with Gasteiger partial charge in [0.2, 0.25) is 0 Å². The molecular weight excluding hydrogens is 155 g/mol. The molecule has 0 saturated carbocycles. The van der Waals surface area contributed by atoms with Crippen molar-refractivity contribution in [1.29, 1.82) is 0 Å². The first-order chi connectivity index (χ1) is 5.65. The third-order valence-electron chi connectivity index (χ3n) is 1.66. The molecule has 0 radical (unpaired) electrons. The van der Waals surface area contributed by atoms with Crippen LogP contribution in [0.15, 0.2) is 12.3 Å². The molecule has 1 aromatic heterocycles. The lowest BCUT2D eigenvalue weighted by molar-refractivity contribution is 0.425. The van der Waals surface area contributed by atoms with Crippen LogP contribution in [0.1, 0.15) is 12.6 Å². The van der Waals surface area contributed by atoms with Gasteiger partial charge >= 0.3 is 7.12 Å². The van der Waals surface area contributed by atoms with Gasteiger partial charge in [0, 0.05) is 11.7 Å². The number of hydrogen-bond acceptors (Lipinski definition) is 4. The van der Waals surface area contributed by atoms with Crippen LogP contribution in [-0.4, -0.2) is 22.2 Å². The second-order valence-corrected chi connectivity index (χ2v) is 2.53. The standard InChI is InChI=1S/C7H11BN2O2/c1-2-7-6(9)3-5(4-10-7)8(11)12/h3-4,11-12H,2,9H2,1H3. The van der Waals surface area contributed by atoms with Gasteiger partial charge in [0.1, 0.15) is 0 Å². The van der Waals surface area contributed by atoms with Gasteiger partial charge in [-0.25, -0.2) is 0 Å². The highest BCUT2D eigenvalue weighted by Crippen LogP contribution is 2.05. The molecule has 0 aromatic carbocycles. The number of nitrogens with zero attached hydrogens (tertiary/aromatic N) is 1. The minimum atomic E-state index is -1.49. The van der Waals surface area contributed by atoms with Crippen LogP contribution in [0.3, 0.4) is 0 Å². The normalized spacial score (nSPS) is 9.92. The van der Waals surface area contributed by atoms with Gasteiger partial charge in [-0.15, -0.1) is 0 Å². The number of rotatable bonds is 2. The van der Waals surface area contributed by atoms with E-state index in [1.54, 1.807) is 0 Å². The first-order valence-corrected chi connectivity index (χ1v) is 3.75. The lowest BCUT2D eigenvalue weighted by Crippen LogP contribution is -2.30. The predicted molar refractivity (Wildman–Crippen MR) is 47.9 cm³/mol. The molecule has 0 fully saturated rings. The van der Waals surface area contributed by atoms with Crippen molar-refractivity contribution >= 4 is 18.3 Å². The third kappa shape index (κ3) is 1.75. The van der Waals surface area contributed by atoms with Gasteiger partial charge < -0.3 is 15.8 Å². The quantitative estimate of drug-likeness (QED) is 0.487. The van der Waals surface area contributed by atoms with E-state index in [2.05, 4.69) is 4.98 Å². The summed E-state index contributed by atoms with van der Waals surface area (Å²) in [6.45, 7) is 1.94. The van der Waals surface area contributed by atoms with Crippen LogP contribution in [0.5, 0.6) is 0 Å². The van der Waals surface area contributed by atoms with E-state index in [9.17, 15) is 0 Å². The van der Waals surface area contributed by atoms with Crippen molar-refractivity contribution in [3.63, 3.8) is 0 Å². The van der Waals surface area contributed by atoms with E-state index < -0.39 is 7.12 Å². The van der Waals surface area contributed by atoms with Crippen LogP contribution in [0.25, 0.3) is 0 Å². The zero-order valence-electron chi connectivity index (χ0n) is 6.86. The SMILES string of the molecule is CCc1ncc(B(O)O)cc1N. The molecule has 0 aliphatic rings. The highest BCUT2D eigenvalue weighted by Gasteiger charge is 2.12. The third-order valence-corrected chi connectivity index (χ3v) is 1.66. The molecule has 0 unspecified atom stereocenters. The van der Waals surface area contributed by atoms with E-state index in [-0.39, 0.29) is 0 Å². The Morgan fingerprint density at radius 2 is 2.25 bits per heavy atom. The van der Waals surface area contributed by atoms with Gasteiger partial charge in [0.25, 0.3) is 0 Å². The Bertz CT molecular complexity index is 278. The predicted octanol–water partition coefficient (Wildman–Crippen LogP) is -1.09. The van der Waals surface area contributed by atoms with Gasteiger partial charge in [-0.3, -0.25) is 4.98 Å².